The van der Waals surface area contributed by atoms with Gasteiger partial charge in [-0.2, -0.15) is 0 Å². The fourth-order valence-corrected chi connectivity index (χ4v) is 2.75. The first kappa shape index (κ1) is 19.8. The second-order valence-corrected chi connectivity index (χ2v) is 7.41. The predicted octanol–water partition coefficient (Wildman–Crippen LogP) is 3.87. The number of hydrogen-bond acceptors (Lipinski definition) is 4. The Bertz CT molecular complexity index is 650. The molecule has 26 heavy (non-hydrogen) atoms. The van der Waals surface area contributed by atoms with E-state index in [0.717, 1.165) is 11.1 Å². The Morgan fingerprint density at radius 1 is 1.27 bits per heavy atom. The van der Waals surface area contributed by atoms with Crippen LogP contribution in [0.4, 0.5) is 9.59 Å². The zero-order valence-corrected chi connectivity index (χ0v) is 16.0. The second-order valence-electron chi connectivity index (χ2n) is 7.41. The van der Waals surface area contributed by atoms with Crippen molar-refractivity contribution < 1.29 is 19.1 Å². The van der Waals surface area contributed by atoms with Crippen molar-refractivity contribution in [1.82, 2.24) is 10.2 Å². The molecule has 6 heteroatoms. The lowest BCUT2D eigenvalue weighted by atomic mass is 10.0. The molecular formula is C20H28N2O4. The third-order valence-electron chi connectivity index (χ3n) is 3.94. The van der Waals surface area contributed by atoms with E-state index in [1.54, 1.807) is 4.90 Å². The first-order valence-electron chi connectivity index (χ1n) is 8.86. The molecule has 0 saturated carbocycles. The predicted molar refractivity (Wildman–Crippen MR) is 99.7 cm³/mol. The molecule has 1 heterocycles. The normalized spacial score (nSPS) is 19.2. The number of piperidine rings is 1. The SMILES string of the molecule is C/C=C1\C[C@H](NC(=O)OC(C)(C)C)CN(C(=O)OCc2ccccc2)C1. The van der Waals surface area contributed by atoms with Crippen molar-refractivity contribution >= 4 is 12.2 Å². The van der Waals surface area contributed by atoms with Crippen LogP contribution in [0.2, 0.25) is 0 Å². The van der Waals surface area contributed by atoms with Crippen molar-refractivity contribution in [1.29, 1.82) is 0 Å². The third-order valence-corrected chi connectivity index (χ3v) is 3.94. The Morgan fingerprint density at radius 3 is 2.58 bits per heavy atom. The largest absolute Gasteiger partial charge is 0.445 e. The Balaban J connectivity index is 1.93. The van der Waals surface area contributed by atoms with Crippen molar-refractivity contribution in [3.05, 3.63) is 47.5 Å². The minimum atomic E-state index is -0.559. The molecule has 1 aromatic carbocycles. The molecule has 1 fully saturated rings. The number of allylic oxidation sites excluding steroid dienone is 1. The zero-order valence-electron chi connectivity index (χ0n) is 16.0. The summed E-state index contributed by atoms with van der Waals surface area (Å²) >= 11 is 0. The molecule has 1 saturated heterocycles. The first-order valence-corrected chi connectivity index (χ1v) is 8.86. The molecule has 2 rings (SSSR count). The molecule has 0 aromatic heterocycles. The molecule has 142 valence electrons. The maximum atomic E-state index is 12.4. The first-order chi connectivity index (χ1) is 12.3. The van der Waals surface area contributed by atoms with Gasteiger partial charge in [0.2, 0.25) is 0 Å². The molecule has 1 aliphatic rings. The molecular weight excluding hydrogens is 332 g/mol. The van der Waals surface area contributed by atoms with Gasteiger partial charge in [0.05, 0.1) is 6.04 Å². The van der Waals surface area contributed by atoms with Gasteiger partial charge in [0.25, 0.3) is 0 Å². The standard InChI is InChI=1S/C20H28N2O4/c1-5-15-11-17(21-18(23)26-20(2,3)4)13-22(12-15)19(24)25-14-16-9-7-6-8-10-16/h5-10,17H,11-14H2,1-4H3,(H,21,23)/b15-5+/t17-/m0/s1. The molecule has 0 radical (unpaired) electrons. The smallest absolute Gasteiger partial charge is 0.410 e. The Morgan fingerprint density at radius 2 is 1.96 bits per heavy atom. The highest BCUT2D eigenvalue weighted by molar-refractivity contribution is 5.70. The lowest BCUT2D eigenvalue weighted by Crippen LogP contribution is -2.51. The topological polar surface area (TPSA) is 67.9 Å². The van der Waals surface area contributed by atoms with Crippen LogP contribution in [-0.2, 0) is 16.1 Å². The van der Waals surface area contributed by atoms with Gasteiger partial charge in [-0.1, -0.05) is 42.0 Å². The summed E-state index contributed by atoms with van der Waals surface area (Å²) in [4.78, 5) is 26.1. The highest BCUT2D eigenvalue weighted by Gasteiger charge is 2.29. The Hall–Kier alpha value is -2.50. The summed E-state index contributed by atoms with van der Waals surface area (Å²) in [5.41, 5.74) is 1.46. The number of carbonyl (C=O) groups is 2. The molecule has 0 unspecified atom stereocenters. The van der Waals surface area contributed by atoms with Crippen molar-refractivity contribution in [2.45, 2.75) is 52.4 Å². The zero-order chi connectivity index (χ0) is 19.2. The summed E-state index contributed by atoms with van der Waals surface area (Å²) < 4.78 is 10.7. The summed E-state index contributed by atoms with van der Waals surface area (Å²) in [6.45, 7) is 8.51. The van der Waals surface area contributed by atoms with Gasteiger partial charge in [-0.05, 0) is 39.7 Å². The van der Waals surface area contributed by atoms with Crippen LogP contribution in [-0.4, -0.2) is 41.8 Å². The van der Waals surface area contributed by atoms with Crippen molar-refractivity contribution in [3.8, 4) is 0 Å². The maximum Gasteiger partial charge on any atom is 0.410 e. The summed E-state index contributed by atoms with van der Waals surface area (Å²) in [6, 6.07) is 9.35. The van der Waals surface area contributed by atoms with Gasteiger partial charge in [0.1, 0.15) is 12.2 Å². The number of benzene rings is 1. The van der Waals surface area contributed by atoms with E-state index in [-0.39, 0.29) is 18.7 Å². The average Bonchev–Trinajstić information content (AvgIpc) is 2.58. The van der Waals surface area contributed by atoms with E-state index in [0.29, 0.717) is 19.5 Å². The van der Waals surface area contributed by atoms with Gasteiger partial charge in [0.15, 0.2) is 0 Å². The molecule has 0 aliphatic carbocycles. The summed E-state index contributed by atoms with van der Waals surface area (Å²) in [6.07, 6.45) is 1.81. The van der Waals surface area contributed by atoms with Gasteiger partial charge in [-0.15, -0.1) is 0 Å². The molecule has 1 aromatic rings. The van der Waals surface area contributed by atoms with Crippen LogP contribution in [0, 0.1) is 0 Å². The minimum Gasteiger partial charge on any atom is -0.445 e. The van der Waals surface area contributed by atoms with Crippen LogP contribution in [0.5, 0.6) is 0 Å². The van der Waals surface area contributed by atoms with Gasteiger partial charge in [-0.25, -0.2) is 9.59 Å². The van der Waals surface area contributed by atoms with Crippen molar-refractivity contribution in [2.24, 2.45) is 0 Å². The van der Waals surface area contributed by atoms with Gasteiger partial charge in [-0.3, -0.25) is 0 Å². The molecule has 0 bridgehead atoms. The van der Waals surface area contributed by atoms with E-state index in [1.807, 2.05) is 64.1 Å². The van der Waals surface area contributed by atoms with Crippen LogP contribution >= 0.6 is 0 Å². The highest BCUT2D eigenvalue weighted by Crippen LogP contribution is 2.18. The lowest BCUT2D eigenvalue weighted by Gasteiger charge is -2.34. The van der Waals surface area contributed by atoms with Crippen LogP contribution in [0.25, 0.3) is 0 Å². The van der Waals surface area contributed by atoms with Gasteiger partial charge < -0.3 is 19.7 Å². The van der Waals surface area contributed by atoms with Crippen LogP contribution in [0.15, 0.2) is 42.0 Å². The maximum absolute atomic E-state index is 12.4. The van der Waals surface area contributed by atoms with Crippen molar-refractivity contribution in [2.75, 3.05) is 13.1 Å². The monoisotopic (exact) mass is 360 g/mol. The van der Waals surface area contributed by atoms with Crippen molar-refractivity contribution in [3.63, 3.8) is 0 Å². The van der Waals surface area contributed by atoms with E-state index in [4.69, 9.17) is 9.47 Å². The number of nitrogens with one attached hydrogen (secondary N) is 1. The van der Waals surface area contributed by atoms with Gasteiger partial charge in [0, 0.05) is 13.1 Å². The molecule has 1 aliphatic heterocycles. The number of nitrogens with zero attached hydrogens (tertiary/aromatic N) is 1. The average molecular weight is 360 g/mol. The molecule has 2 amide bonds. The van der Waals surface area contributed by atoms with Gasteiger partial charge >= 0.3 is 12.2 Å². The number of ether oxygens (including phenoxy) is 2. The van der Waals surface area contributed by atoms with E-state index in [2.05, 4.69) is 5.32 Å². The number of carbonyl (C=O) groups excluding carboxylic acids is 2. The van der Waals surface area contributed by atoms with Crippen LogP contribution in [0.3, 0.4) is 0 Å². The van der Waals surface area contributed by atoms with Crippen LogP contribution < -0.4 is 5.32 Å². The molecule has 6 nitrogen and oxygen atoms in total. The summed E-state index contributed by atoms with van der Waals surface area (Å²) in [5.74, 6) is 0. The highest BCUT2D eigenvalue weighted by atomic mass is 16.6. The third kappa shape index (κ3) is 6.43. The second kappa shape index (κ2) is 8.74. The Kier molecular flexibility index (Phi) is 6.66. The van der Waals surface area contributed by atoms with E-state index in [1.165, 1.54) is 0 Å². The van der Waals surface area contributed by atoms with E-state index in [9.17, 15) is 9.59 Å². The minimum absolute atomic E-state index is 0.200. The summed E-state index contributed by atoms with van der Waals surface area (Å²) in [5, 5.41) is 2.85. The number of hydrogen-bond donors (Lipinski definition) is 1. The fourth-order valence-electron chi connectivity index (χ4n) is 2.75. The molecule has 1 atom stereocenters. The number of amides is 2. The van der Waals surface area contributed by atoms with E-state index >= 15 is 0 Å². The lowest BCUT2D eigenvalue weighted by molar-refractivity contribution is 0.0469. The van der Waals surface area contributed by atoms with E-state index < -0.39 is 11.7 Å². The van der Waals surface area contributed by atoms with Crippen LogP contribution in [0.1, 0.15) is 39.7 Å². The number of alkyl carbamates (subject to hydrolysis) is 1. The molecule has 0 spiro atoms. The quantitative estimate of drug-likeness (QED) is 0.831. The fraction of sp³-hybridized carbons (Fsp3) is 0.500. The summed E-state index contributed by atoms with van der Waals surface area (Å²) in [7, 11) is 0. The number of rotatable bonds is 3. The Labute approximate surface area is 155 Å². The number of likely N-dealkylation sites (tertiary alicyclic amines) is 1. The molecule has 1 N–H and O–H groups in total.